The number of para-hydroxylation sites is 2. The third-order valence-electron chi connectivity index (χ3n) is 4.24. The maximum absolute atomic E-state index is 4.88. The fourth-order valence-electron chi connectivity index (χ4n) is 2.96. The normalized spacial score (nSPS) is 11.2. The van der Waals surface area contributed by atoms with Crippen molar-refractivity contribution < 1.29 is 0 Å². The zero-order valence-electron chi connectivity index (χ0n) is 13.1. The molecule has 0 saturated heterocycles. The number of hydrogen-bond acceptors (Lipinski definition) is 2. The van der Waals surface area contributed by atoms with Crippen LogP contribution in [0, 0.1) is 6.92 Å². The second-order valence-corrected chi connectivity index (χ2v) is 6.82. The van der Waals surface area contributed by atoms with Crippen LogP contribution in [0.25, 0.3) is 11.0 Å². The minimum Gasteiger partial charge on any atom is -0.323 e. The van der Waals surface area contributed by atoms with Gasteiger partial charge >= 0.3 is 0 Å². The molecule has 3 heteroatoms. The molecule has 0 bridgehead atoms. The van der Waals surface area contributed by atoms with E-state index in [-0.39, 0.29) is 0 Å². The van der Waals surface area contributed by atoms with E-state index in [1.54, 1.807) is 11.3 Å². The van der Waals surface area contributed by atoms with Gasteiger partial charge < -0.3 is 4.57 Å². The topological polar surface area (TPSA) is 17.8 Å². The van der Waals surface area contributed by atoms with Crippen molar-refractivity contribution in [1.82, 2.24) is 9.55 Å². The highest BCUT2D eigenvalue weighted by Crippen LogP contribution is 2.22. The standard InChI is InChI=1S/C20H18N2S/c1-15-7-2-3-8-16(15)14-22-19-11-5-4-10-18(19)21-20(22)13-17-9-6-12-23-17/h2-12H,13-14H2,1H3. The summed E-state index contributed by atoms with van der Waals surface area (Å²) >= 11 is 1.79. The van der Waals surface area contributed by atoms with Crippen molar-refractivity contribution >= 4 is 22.4 Å². The second kappa shape index (κ2) is 6.01. The molecule has 0 N–H and O–H groups in total. The van der Waals surface area contributed by atoms with Crippen molar-refractivity contribution in [3.05, 3.63) is 87.9 Å². The highest BCUT2D eigenvalue weighted by Gasteiger charge is 2.12. The van der Waals surface area contributed by atoms with E-state index in [0.717, 1.165) is 24.3 Å². The summed E-state index contributed by atoms with van der Waals surface area (Å²) in [4.78, 5) is 6.24. The average Bonchev–Trinajstić information content (AvgIpc) is 3.19. The van der Waals surface area contributed by atoms with E-state index in [1.165, 1.54) is 21.5 Å². The van der Waals surface area contributed by atoms with Crippen LogP contribution >= 0.6 is 11.3 Å². The molecular formula is C20H18N2S. The largest absolute Gasteiger partial charge is 0.323 e. The zero-order chi connectivity index (χ0) is 15.6. The molecule has 4 rings (SSSR count). The molecule has 0 fully saturated rings. The first-order valence-electron chi connectivity index (χ1n) is 7.82. The van der Waals surface area contributed by atoms with Crippen molar-refractivity contribution in [3.63, 3.8) is 0 Å². The summed E-state index contributed by atoms with van der Waals surface area (Å²) in [6.45, 7) is 3.04. The predicted octanol–water partition coefficient (Wildman–Crippen LogP) is 5.05. The number of fused-ring (bicyclic) bond motifs is 1. The van der Waals surface area contributed by atoms with Gasteiger partial charge in [0, 0.05) is 17.8 Å². The zero-order valence-corrected chi connectivity index (χ0v) is 13.9. The van der Waals surface area contributed by atoms with Crippen molar-refractivity contribution in [1.29, 1.82) is 0 Å². The summed E-state index contributed by atoms with van der Waals surface area (Å²) in [6, 6.07) is 21.3. The SMILES string of the molecule is Cc1ccccc1Cn1c(Cc2cccs2)nc2ccccc21. The number of rotatable bonds is 4. The molecule has 0 atom stereocenters. The second-order valence-electron chi connectivity index (χ2n) is 5.79. The van der Waals surface area contributed by atoms with Crippen LogP contribution in [0.4, 0.5) is 0 Å². The summed E-state index contributed by atoms with van der Waals surface area (Å²) in [5.41, 5.74) is 4.96. The van der Waals surface area contributed by atoms with Gasteiger partial charge in [0.25, 0.3) is 0 Å². The lowest BCUT2D eigenvalue weighted by Gasteiger charge is -2.11. The molecule has 23 heavy (non-hydrogen) atoms. The van der Waals surface area contributed by atoms with Gasteiger partial charge in [-0.15, -0.1) is 11.3 Å². The van der Waals surface area contributed by atoms with Crippen molar-refractivity contribution in [3.8, 4) is 0 Å². The third kappa shape index (κ3) is 2.80. The quantitative estimate of drug-likeness (QED) is 0.515. The summed E-state index contributed by atoms with van der Waals surface area (Å²) < 4.78 is 2.36. The molecule has 0 aliphatic rings. The Morgan fingerprint density at radius 1 is 0.957 bits per heavy atom. The number of nitrogens with zero attached hydrogens (tertiary/aromatic N) is 2. The number of benzene rings is 2. The highest BCUT2D eigenvalue weighted by atomic mass is 32.1. The number of aromatic nitrogens is 2. The van der Waals surface area contributed by atoms with Gasteiger partial charge in [0.1, 0.15) is 5.82 Å². The number of imidazole rings is 1. The lowest BCUT2D eigenvalue weighted by atomic mass is 10.1. The van der Waals surface area contributed by atoms with Crippen LogP contribution in [-0.4, -0.2) is 9.55 Å². The van der Waals surface area contributed by atoms with E-state index >= 15 is 0 Å². The van der Waals surface area contributed by atoms with E-state index in [2.05, 4.69) is 77.5 Å². The lowest BCUT2D eigenvalue weighted by molar-refractivity contribution is 0.761. The van der Waals surface area contributed by atoms with Gasteiger partial charge in [0.15, 0.2) is 0 Å². The van der Waals surface area contributed by atoms with Gasteiger partial charge in [-0.3, -0.25) is 0 Å². The van der Waals surface area contributed by atoms with E-state index in [0.29, 0.717) is 0 Å². The van der Waals surface area contributed by atoms with Crippen LogP contribution in [-0.2, 0) is 13.0 Å². The number of thiophene rings is 1. The predicted molar refractivity (Wildman–Crippen MR) is 97.1 cm³/mol. The van der Waals surface area contributed by atoms with Gasteiger partial charge in [-0.05, 0) is 41.6 Å². The fourth-order valence-corrected chi connectivity index (χ4v) is 3.67. The molecule has 0 aliphatic carbocycles. The van der Waals surface area contributed by atoms with Gasteiger partial charge in [-0.1, -0.05) is 42.5 Å². The van der Waals surface area contributed by atoms with E-state index in [9.17, 15) is 0 Å². The molecule has 2 heterocycles. The molecule has 114 valence electrons. The summed E-state index contributed by atoms with van der Waals surface area (Å²) in [5.74, 6) is 1.14. The number of hydrogen-bond donors (Lipinski definition) is 0. The van der Waals surface area contributed by atoms with E-state index < -0.39 is 0 Å². The molecule has 2 aromatic carbocycles. The first-order valence-corrected chi connectivity index (χ1v) is 8.70. The van der Waals surface area contributed by atoms with E-state index in [1.807, 2.05) is 0 Å². The minimum absolute atomic E-state index is 0.869. The molecule has 2 nitrogen and oxygen atoms in total. The first kappa shape index (κ1) is 14.2. The Hall–Kier alpha value is -2.39. The van der Waals surface area contributed by atoms with Crippen LogP contribution in [0.5, 0.6) is 0 Å². The maximum Gasteiger partial charge on any atom is 0.115 e. The maximum atomic E-state index is 4.88. The molecule has 2 aromatic heterocycles. The van der Waals surface area contributed by atoms with Crippen LogP contribution < -0.4 is 0 Å². The Morgan fingerprint density at radius 3 is 2.61 bits per heavy atom. The average molecular weight is 318 g/mol. The summed E-state index contributed by atoms with van der Waals surface area (Å²) in [7, 11) is 0. The Bertz CT molecular complexity index is 935. The van der Waals surface area contributed by atoms with Gasteiger partial charge in [0.2, 0.25) is 0 Å². The molecule has 0 amide bonds. The van der Waals surface area contributed by atoms with Crippen molar-refractivity contribution in [2.45, 2.75) is 19.9 Å². The summed E-state index contributed by atoms with van der Waals surface area (Å²) in [6.07, 6.45) is 0.887. The van der Waals surface area contributed by atoms with Crippen LogP contribution in [0.15, 0.2) is 66.0 Å². The molecule has 0 aliphatic heterocycles. The molecular weight excluding hydrogens is 300 g/mol. The van der Waals surface area contributed by atoms with Crippen molar-refractivity contribution in [2.24, 2.45) is 0 Å². The smallest absolute Gasteiger partial charge is 0.115 e. The van der Waals surface area contributed by atoms with Gasteiger partial charge in [-0.25, -0.2) is 4.98 Å². The first-order chi connectivity index (χ1) is 11.3. The minimum atomic E-state index is 0.869. The monoisotopic (exact) mass is 318 g/mol. The summed E-state index contributed by atoms with van der Waals surface area (Å²) in [5, 5.41) is 2.13. The van der Waals surface area contributed by atoms with E-state index in [4.69, 9.17) is 4.98 Å². The lowest BCUT2D eigenvalue weighted by Crippen LogP contribution is -2.06. The van der Waals surface area contributed by atoms with Crippen LogP contribution in [0.2, 0.25) is 0 Å². The Morgan fingerprint density at radius 2 is 1.78 bits per heavy atom. The molecule has 0 radical (unpaired) electrons. The Balaban J connectivity index is 1.81. The molecule has 4 aromatic rings. The van der Waals surface area contributed by atoms with Crippen LogP contribution in [0.3, 0.4) is 0 Å². The Kier molecular flexibility index (Phi) is 3.72. The molecule has 0 spiro atoms. The van der Waals surface area contributed by atoms with Crippen molar-refractivity contribution in [2.75, 3.05) is 0 Å². The van der Waals surface area contributed by atoms with Gasteiger partial charge in [0.05, 0.1) is 11.0 Å². The highest BCUT2D eigenvalue weighted by molar-refractivity contribution is 7.09. The van der Waals surface area contributed by atoms with Gasteiger partial charge in [-0.2, -0.15) is 0 Å². The Labute approximate surface area is 140 Å². The molecule has 0 unspecified atom stereocenters. The number of aryl methyl sites for hydroxylation is 1. The van der Waals surface area contributed by atoms with Crippen LogP contribution in [0.1, 0.15) is 21.8 Å². The fraction of sp³-hybridized carbons (Fsp3) is 0.150. The molecule has 0 saturated carbocycles. The third-order valence-corrected chi connectivity index (χ3v) is 5.11.